The average molecular weight is 417 g/mol. The smallest absolute Gasteiger partial charge is 0.126 e. The van der Waals surface area contributed by atoms with E-state index in [0.717, 1.165) is 29.7 Å². The first kappa shape index (κ1) is 19.7. The van der Waals surface area contributed by atoms with Gasteiger partial charge in [0, 0.05) is 13.1 Å². The highest BCUT2D eigenvalue weighted by Gasteiger charge is 2.36. The van der Waals surface area contributed by atoms with E-state index >= 15 is 0 Å². The number of fused-ring (bicyclic) bond motifs is 2. The van der Waals surface area contributed by atoms with E-state index in [0.29, 0.717) is 38.4 Å². The Morgan fingerprint density at radius 3 is 2.33 bits per heavy atom. The van der Waals surface area contributed by atoms with Crippen LogP contribution in [0, 0.1) is 11.6 Å². The number of ether oxygens (including phenoxy) is 3. The van der Waals surface area contributed by atoms with Gasteiger partial charge in [-0.15, -0.1) is 0 Å². The molecule has 0 aliphatic carbocycles. The van der Waals surface area contributed by atoms with Crippen molar-refractivity contribution in [3.05, 3.63) is 59.2 Å². The summed E-state index contributed by atoms with van der Waals surface area (Å²) in [5.41, 5.74) is 1.74. The summed E-state index contributed by atoms with van der Waals surface area (Å²) in [4.78, 5) is 2.06. The van der Waals surface area contributed by atoms with E-state index < -0.39 is 6.10 Å². The molecule has 2 aromatic carbocycles. The van der Waals surface area contributed by atoms with Gasteiger partial charge in [0.15, 0.2) is 0 Å². The molecule has 2 aromatic rings. The van der Waals surface area contributed by atoms with Crippen molar-refractivity contribution < 1.29 is 28.1 Å². The van der Waals surface area contributed by atoms with Gasteiger partial charge in [-0.1, -0.05) is 0 Å². The maximum atomic E-state index is 13.4. The predicted molar refractivity (Wildman–Crippen MR) is 106 cm³/mol. The van der Waals surface area contributed by atoms with Crippen LogP contribution in [0.25, 0.3) is 0 Å². The lowest BCUT2D eigenvalue weighted by molar-refractivity contribution is -0.0118. The SMILES string of the molecule is O[C@@H](CN1CO[C@@H](C2CCc3cc(F)ccc3O2)C1)[C@H]1CCc2cc(F)ccc2O1. The van der Waals surface area contributed by atoms with Crippen molar-refractivity contribution in [3.63, 3.8) is 0 Å². The van der Waals surface area contributed by atoms with Crippen LogP contribution in [-0.2, 0) is 17.6 Å². The van der Waals surface area contributed by atoms with Gasteiger partial charge in [0.2, 0.25) is 0 Å². The number of benzene rings is 2. The molecule has 1 unspecified atom stereocenters. The first-order valence-electron chi connectivity index (χ1n) is 10.5. The standard InChI is InChI=1S/C23H25F2NO4/c24-16-3-7-19-14(9-16)1-5-21(29-19)18(27)11-26-12-23(28-13-26)22-6-2-15-10-17(25)4-8-20(15)30-22/h3-4,7-10,18,21-23,27H,1-2,5-6,11-13H2/t18-,21+,22?,23+/m0/s1. The number of halogens is 2. The van der Waals surface area contributed by atoms with Crippen molar-refractivity contribution in [2.24, 2.45) is 0 Å². The molecule has 7 heteroatoms. The zero-order valence-electron chi connectivity index (χ0n) is 16.6. The molecule has 0 radical (unpaired) electrons. The minimum Gasteiger partial charge on any atom is -0.487 e. The summed E-state index contributed by atoms with van der Waals surface area (Å²) in [5, 5.41) is 10.7. The number of aliphatic hydroxyl groups is 1. The number of hydrogen-bond acceptors (Lipinski definition) is 5. The van der Waals surface area contributed by atoms with Crippen LogP contribution in [-0.4, -0.2) is 54.2 Å². The Morgan fingerprint density at radius 2 is 1.60 bits per heavy atom. The Morgan fingerprint density at radius 1 is 0.933 bits per heavy atom. The summed E-state index contributed by atoms with van der Waals surface area (Å²) in [6.45, 7) is 1.52. The zero-order chi connectivity index (χ0) is 20.7. The maximum absolute atomic E-state index is 13.4. The lowest BCUT2D eigenvalue weighted by Gasteiger charge is -2.31. The largest absolute Gasteiger partial charge is 0.487 e. The lowest BCUT2D eigenvalue weighted by atomic mass is 9.98. The number of β-amino-alcohol motifs (C(OH)–C–C–N with tert-alkyl or cyclic N) is 1. The molecule has 160 valence electrons. The molecule has 0 aromatic heterocycles. The van der Waals surface area contributed by atoms with Crippen LogP contribution in [0.15, 0.2) is 36.4 Å². The van der Waals surface area contributed by atoms with E-state index in [-0.39, 0.29) is 29.9 Å². The monoisotopic (exact) mass is 417 g/mol. The minimum absolute atomic E-state index is 0.0854. The number of aryl methyl sites for hydroxylation is 2. The second-order valence-corrected chi connectivity index (χ2v) is 8.33. The summed E-state index contributed by atoms with van der Waals surface area (Å²) in [6, 6.07) is 9.12. The quantitative estimate of drug-likeness (QED) is 0.829. The Labute approximate surface area is 174 Å². The van der Waals surface area contributed by atoms with E-state index in [2.05, 4.69) is 4.90 Å². The molecule has 1 fully saturated rings. The van der Waals surface area contributed by atoms with Crippen molar-refractivity contribution in [1.82, 2.24) is 4.90 Å². The van der Waals surface area contributed by atoms with Crippen molar-refractivity contribution >= 4 is 0 Å². The van der Waals surface area contributed by atoms with Crippen molar-refractivity contribution in [2.45, 2.75) is 50.1 Å². The first-order chi connectivity index (χ1) is 14.5. The molecule has 1 saturated heterocycles. The van der Waals surface area contributed by atoms with Crippen LogP contribution in [0.1, 0.15) is 24.0 Å². The number of aliphatic hydroxyl groups excluding tert-OH is 1. The molecule has 5 rings (SSSR count). The van der Waals surface area contributed by atoms with Crippen LogP contribution in [0.3, 0.4) is 0 Å². The summed E-state index contributed by atoms with van der Waals surface area (Å²) < 4.78 is 44.6. The van der Waals surface area contributed by atoms with Crippen LogP contribution in [0.2, 0.25) is 0 Å². The molecule has 3 heterocycles. The van der Waals surface area contributed by atoms with Crippen molar-refractivity contribution in [3.8, 4) is 11.5 Å². The fraction of sp³-hybridized carbons (Fsp3) is 0.478. The predicted octanol–water partition coefficient (Wildman–Crippen LogP) is 3.07. The first-order valence-corrected chi connectivity index (χ1v) is 10.5. The molecule has 1 N–H and O–H groups in total. The van der Waals surface area contributed by atoms with Gasteiger partial charge in [-0.2, -0.15) is 0 Å². The lowest BCUT2D eigenvalue weighted by Crippen LogP contribution is -2.44. The second kappa shape index (κ2) is 8.13. The average Bonchev–Trinajstić information content (AvgIpc) is 3.21. The molecule has 0 saturated carbocycles. The Balaban J connectivity index is 1.15. The molecule has 3 aliphatic heterocycles. The van der Waals surface area contributed by atoms with Gasteiger partial charge in [-0.25, -0.2) is 8.78 Å². The second-order valence-electron chi connectivity index (χ2n) is 8.33. The van der Waals surface area contributed by atoms with E-state index in [1.807, 2.05) is 0 Å². The number of nitrogens with zero attached hydrogens (tertiary/aromatic N) is 1. The molecule has 0 bridgehead atoms. The Bertz CT molecular complexity index is 924. The molecule has 30 heavy (non-hydrogen) atoms. The molecule has 3 aliphatic rings. The van der Waals surface area contributed by atoms with Gasteiger partial charge in [-0.3, -0.25) is 4.90 Å². The normalized spacial score (nSPS) is 27.0. The van der Waals surface area contributed by atoms with E-state index in [1.165, 1.54) is 24.3 Å². The summed E-state index contributed by atoms with van der Waals surface area (Å²) in [6.07, 6.45) is 1.70. The third-order valence-electron chi connectivity index (χ3n) is 6.20. The van der Waals surface area contributed by atoms with Gasteiger partial charge >= 0.3 is 0 Å². The van der Waals surface area contributed by atoms with Crippen LogP contribution >= 0.6 is 0 Å². The molecule has 0 spiro atoms. The Kier molecular flexibility index (Phi) is 5.35. The highest BCUT2D eigenvalue weighted by atomic mass is 19.1. The van der Waals surface area contributed by atoms with Crippen LogP contribution < -0.4 is 9.47 Å². The van der Waals surface area contributed by atoms with Crippen LogP contribution in [0.5, 0.6) is 11.5 Å². The summed E-state index contributed by atoms with van der Waals surface area (Å²) in [5.74, 6) is 0.855. The van der Waals surface area contributed by atoms with E-state index in [1.54, 1.807) is 12.1 Å². The highest BCUT2D eigenvalue weighted by molar-refractivity contribution is 5.36. The van der Waals surface area contributed by atoms with Gasteiger partial charge in [0.25, 0.3) is 0 Å². The van der Waals surface area contributed by atoms with Crippen molar-refractivity contribution in [1.29, 1.82) is 0 Å². The molecular weight excluding hydrogens is 392 g/mol. The maximum Gasteiger partial charge on any atom is 0.126 e. The van der Waals surface area contributed by atoms with Gasteiger partial charge in [0.05, 0.1) is 6.73 Å². The molecule has 5 nitrogen and oxygen atoms in total. The number of hydrogen-bond donors (Lipinski definition) is 1. The zero-order valence-corrected chi connectivity index (χ0v) is 16.6. The van der Waals surface area contributed by atoms with Crippen molar-refractivity contribution in [2.75, 3.05) is 19.8 Å². The van der Waals surface area contributed by atoms with E-state index in [9.17, 15) is 13.9 Å². The number of rotatable bonds is 4. The van der Waals surface area contributed by atoms with Crippen LogP contribution in [0.4, 0.5) is 8.78 Å². The van der Waals surface area contributed by atoms with Gasteiger partial charge in [-0.05, 0) is 73.2 Å². The molecule has 4 atom stereocenters. The molecule has 0 amide bonds. The van der Waals surface area contributed by atoms with Gasteiger partial charge < -0.3 is 19.3 Å². The Hall–Kier alpha value is -2.22. The topological polar surface area (TPSA) is 51.2 Å². The third kappa shape index (κ3) is 4.02. The summed E-state index contributed by atoms with van der Waals surface area (Å²) in [7, 11) is 0. The van der Waals surface area contributed by atoms with E-state index in [4.69, 9.17) is 14.2 Å². The molecular formula is C23H25F2NO4. The minimum atomic E-state index is -0.665. The fourth-order valence-corrected chi connectivity index (χ4v) is 4.58. The highest BCUT2D eigenvalue weighted by Crippen LogP contribution is 2.32. The fourth-order valence-electron chi connectivity index (χ4n) is 4.58. The van der Waals surface area contributed by atoms with Gasteiger partial charge in [0.1, 0.15) is 47.5 Å². The third-order valence-corrected chi connectivity index (χ3v) is 6.20. The summed E-state index contributed by atoms with van der Waals surface area (Å²) >= 11 is 0.